The number of rotatable bonds is 4. The summed E-state index contributed by atoms with van der Waals surface area (Å²) in [5.74, 6) is 0. The van der Waals surface area contributed by atoms with Crippen molar-refractivity contribution in [2.45, 2.75) is 0 Å². The minimum absolute atomic E-state index is 1.14. The average Bonchev–Trinajstić information content (AvgIpc) is 3.04. The predicted molar refractivity (Wildman–Crippen MR) is 156 cm³/mol. The summed E-state index contributed by atoms with van der Waals surface area (Å²) in [6.45, 7) is 0. The summed E-state index contributed by atoms with van der Waals surface area (Å²) in [4.78, 5) is 2.33. The number of para-hydroxylation sites is 2. The zero-order valence-corrected chi connectivity index (χ0v) is 20.4. The van der Waals surface area contributed by atoms with Crippen LogP contribution in [0.15, 0.2) is 152 Å². The van der Waals surface area contributed by atoms with Gasteiger partial charge in [0.05, 0.1) is 0 Å². The first-order valence-corrected chi connectivity index (χ1v) is 12.7. The maximum absolute atomic E-state index is 2.36. The summed E-state index contributed by atoms with van der Waals surface area (Å²) in [6.07, 6.45) is 0. The normalized spacial score (nSPS) is 11.2. The Bertz CT molecular complexity index is 1660. The van der Waals surface area contributed by atoms with Crippen LogP contribution in [-0.2, 0) is 0 Å². The monoisotopic (exact) mass is 471 g/mol. The van der Waals surface area contributed by atoms with E-state index in [9.17, 15) is 0 Å². The summed E-state index contributed by atoms with van der Waals surface area (Å²) >= 11 is 0. The smallest absolute Gasteiger partial charge is 0.0468 e. The third-order valence-corrected chi connectivity index (χ3v) is 7.21. The van der Waals surface area contributed by atoms with E-state index in [-0.39, 0.29) is 0 Å². The van der Waals surface area contributed by atoms with E-state index in [1.807, 2.05) is 0 Å². The molecule has 2 bridgehead atoms. The molecule has 0 spiro atoms. The molecule has 1 aliphatic carbocycles. The molecule has 0 aliphatic heterocycles. The van der Waals surface area contributed by atoms with Gasteiger partial charge in [0.25, 0.3) is 0 Å². The second-order valence-electron chi connectivity index (χ2n) is 9.38. The van der Waals surface area contributed by atoms with Crippen LogP contribution < -0.4 is 4.90 Å². The molecule has 0 heterocycles. The lowest BCUT2D eigenvalue weighted by Crippen LogP contribution is -2.09. The number of anilines is 3. The van der Waals surface area contributed by atoms with Crippen LogP contribution in [0.1, 0.15) is 0 Å². The molecule has 0 N–H and O–H groups in total. The predicted octanol–water partition coefficient (Wildman–Crippen LogP) is 10.1. The summed E-state index contributed by atoms with van der Waals surface area (Å²) < 4.78 is 0. The van der Waals surface area contributed by atoms with Gasteiger partial charge >= 0.3 is 0 Å². The van der Waals surface area contributed by atoms with Crippen molar-refractivity contribution >= 4 is 17.1 Å². The van der Waals surface area contributed by atoms with E-state index in [2.05, 4.69) is 157 Å². The Morgan fingerprint density at radius 1 is 0.297 bits per heavy atom. The molecule has 0 saturated heterocycles. The molecule has 6 aromatic carbocycles. The molecule has 0 amide bonds. The van der Waals surface area contributed by atoms with E-state index in [0.29, 0.717) is 0 Å². The van der Waals surface area contributed by atoms with Crippen LogP contribution in [-0.4, -0.2) is 0 Å². The van der Waals surface area contributed by atoms with E-state index < -0.39 is 0 Å². The second-order valence-corrected chi connectivity index (χ2v) is 9.38. The molecule has 0 atom stereocenters. The zero-order chi connectivity index (χ0) is 24.6. The van der Waals surface area contributed by atoms with Crippen LogP contribution in [0, 0.1) is 0 Å². The molecule has 174 valence electrons. The molecular formula is C36H25N. The van der Waals surface area contributed by atoms with Gasteiger partial charge in [0.1, 0.15) is 0 Å². The molecule has 1 heteroatoms. The first kappa shape index (κ1) is 21.4. The van der Waals surface area contributed by atoms with Crippen molar-refractivity contribution in [3.63, 3.8) is 0 Å². The molecule has 0 saturated carbocycles. The molecule has 0 unspecified atom stereocenters. The summed E-state index contributed by atoms with van der Waals surface area (Å²) in [6, 6.07) is 54.4. The highest BCUT2D eigenvalue weighted by Crippen LogP contribution is 2.50. The molecule has 0 aromatic heterocycles. The summed E-state index contributed by atoms with van der Waals surface area (Å²) in [5.41, 5.74) is 13.6. The molecule has 1 aliphatic rings. The van der Waals surface area contributed by atoms with Gasteiger partial charge in [0.2, 0.25) is 0 Å². The maximum Gasteiger partial charge on any atom is 0.0468 e. The third-order valence-electron chi connectivity index (χ3n) is 7.21. The number of nitrogens with zero attached hydrogens (tertiary/aromatic N) is 1. The summed E-state index contributed by atoms with van der Waals surface area (Å²) in [5, 5.41) is 0. The maximum atomic E-state index is 2.36. The Labute approximate surface area is 217 Å². The SMILES string of the molecule is c1ccc(-c2c3cccc2-c2ccc(N(c4ccccc4)c4ccccc4)cc2-c2ccccc2-3)cc1. The third kappa shape index (κ3) is 3.64. The lowest BCUT2D eigenvalue weighted by molar-refractivity contribution is 1.28. The molecule has 6 aromatic rings. The standard InChI is InChI=1S/C36H25N/c1-4-13-26(14-5-1)36-33-21-12-22-34(36)32-24-23-29(25-35(32)31-20-11-10-19-30(31)33)37(27-15-6-2-7-16-27)28-17-8-3-9-18-28/h1-25H. The van der Waals surface area contributed by atoms with Crippen LogP contribution in [0.4, 0.5) is 17.1 Å². The topological polar surface area (TPSA) is 3.24 Å². The van der Waals surface area contributed by atoms with Gasteiger partial charge in [-0.1, -0.05) is 115 Å². The van der Waals surface area contributed by atoms with Crippen LogP contribution in [0.25, 0.3) is 44.5 Å². The van der Waals surface area contributed by atoms with Crippen molar-refractivity contribution in [1.29, 1.82) is 0 Å². The number of hydrogen-bond donors (Lipinski definition) is 0. The highest BCUT2D eigenvalue weighted by molar-refractivity contribution is 6.06. The fourth-order valence-corrected chi connectivity index (χ4v) is 5.60. The van der Waals surface area contributed by atoms with E-state index in [1.165, 1.54) is 44.5 Å². The van der Waals surface area contributed by atoms with E-state index in [1.54, 1.807) is 0 Å². The van der Waals surface area contributed by atoms with Crippen LogP contribution in [0.2, 0.25) is 0 Å². The Hall–Kier alpha value is -4.88. The molecule has 7 rings (SSSR count). The van der Waals surface area contributed by atoms with Gasteiger partial charge in [-0.3, -0.25) is 0 Å². The van der Waals surface area contributed by atoms with Gasteiger partial charge in [-0.2, -0.15) is 0 Å². The Kier molecular flexibility index (Phi) is 5.19. The molecule has 0 fully saturated rings. The van der Waals surface area contributed by atoms with Crippen LogP contribution >= 0.6 is 0 Å². The van der Waals surface area contributed by atoms with E-state index in [4.69, 9.17) is 0 Å². The largest absolute Gasteiger partial charge is 0.310 e. The minimum atomic E-state index is 1.14. The van der Waals surface area contributed by atoms with E-state index >= 15 is 0 Å². The summed E-state index contributed by atoms with van der Waals surface area (Å²) in [7, 11) is 0. The Morgan fingerprint density at radius 2 is 0.757 bits per heavy atom. The number of benzene rings is 6. The van der Waals surface area contributed by atoms with Crippen molar-refractivity contribution in [2.75, 3.05) is 4.90 Å². The van der Waals surface area contributed by atoms with Gasteiger partial charge in [-0.15, -0.1) is 0 Å². The Balaban J connectivity index is 1.51. The van der Waals surface area contributed by atoms with Crippen molar-refractivity contribution in [1.82, 2.24) is 0 Å². The first-order chi connectivity index (χ1) is 18.4. The van der Waals surface area contributed by atoms with Crippen molar-refractivity contribution in [2.24, 2.45) is 0 Å². The highest BCUT2D eigenvalue weighted by atomic mass is 15.1. The highest BCUT2D eigenvalue weighted by Gasteiger charge is 2.24. The fraction of sp³-hybridized carbons (Fsp3) is 0. The Morgan fingerprint density at radius 3 is 1.35 bits per heavy atom. The quantitative estimate of drug-likeness (QED) is 0.247. The zero-order valence-electron chi connectivity index (χ0n) is 20.4. The fourth-order valence-electron chi connectivity index (χ4n) is 5.60. The van der Waals surface area contributed by atoms with Crippen LogP contribution in [0.5, 0.6) is 0 Å². The molecule has 37 heavy (non-hydrogen) atoms. The van der Waals surface area contributed by atoms with E-state index in [0.717, 1.165) is 17.1 Å². The van der Waals surface area contributed by atoms with Crippen molar-refractivity contribution in [3.05, 3.63) is 152 Å². The lowest BCUT2D eigenvalue weighted by Gasteiger charge is -2.26. The molecule has 0 radical (unpaired) electrons. The van der Waals surface area contributed by atoms with Gasteiger partial charge in [0.15, 0.2) is 0 Å². The molecule has 1 nitrogen and oxygen atoms in total. The lowest BCUT2D eigenvalue weighted by atomic mass is 9.90. The molecular weight excluding hydrogens is 446 g/mol. The number of fused-ring (bicyclic) bond motifs is 7. The minimum Gasteiger partial charge on any atom is -0.310 e. The first-order valence-electron chi connectivity index (χ1n) is 12.7. The number of hydrogen-bond acceptors (Lipinski definition) is 1. The van der Waals surface area contributed by atoms with Crippen LogP contribution in [0.3, 0.4) is 0 Å². The van der Waals surface area contributed by atoms with Crippen molar-refractivity contribution < 1.29 is 0 Å². The average molecular weight is 472 g/mol. The van der Waals surface area contributed by atoms with Gasteiger partial charge in [-0.05, 0) is 80.9 Å². The second kappa shape index (κ2) is 8.96. The van der Waals surface area contributed by atoms with Gasteiger partial charge in [0, 0.05) is 17.1 Å². The van der Waals surface area contributed by atoms with Gasteiger partial charge < -0.3 is 4.90 Å². The van der Waals surface area contributed by atoms with Crippen molar-refractivity contribution in [3.8, 4) is 44.5 Å². The van der Waals surface area contributed by atoms with Gasteiger partial charge in [-0.25, -0.2) is 0 Å².